The van der Waals surface area contributed by atoms with E-state index in [1.165, 1.54) is 23.9 Å². The number of halogens is 3. The highest BCUT2D eigenvalue weighted by atomic mass is 32.2. The van der Waals surface area contributed by atoms with Crippen molar-refractivity contribution in [2.75, 3.05) is 20.3 Å². The van der Waals surface area contributed by atoms with Crippen molar-refractivity contribution < 1.29 is 37.0 Å². The number of alkyl halides is 3. The topological polar surface area (TPSA) is 61.8 Å². The molecule has 0 radical (unpaired) electrons. The quantitative estimate of drug-likeness (QED) is 0.265. The molecule has 0 bridgehead atoms. The normalized spacial score (nSPS) is 12.7. The Balaban J connectivity index is 2.34. The minimum Gasteiger partial charge on any atom is -0.497 e. The fourth-order valence-corrected chi connectivity index (χ4v) is 4.60. The minimum atomic E-state index is -4.48. The van der Waals surface area contributed by atoms with Gasteiger partial charge < -0.3 is 14.2 Å². The molecule has 0 amide bonds. The van der Waals surface area contributed by atoms with Gasteiger partial charge in [-0.05, 0) is 81.1 Å². The minimum absolute atomic E-state index is 0.0178. The summed E-state index contributed by atoms with van der Waals surface area (Å²) in [7, 11) is 1.58. The molecule has 0 saturated heterocycles. The Morgan fingerprint density at radius 3 is 2.06 bits per heavy atom. The summed E-state index contributed by atoms with van der Waals surface area (Å²) in [6, 6.07) is 10.3. The van der Waals surface area contributed by atoms with E-state index in [1.807, 2.05) is 24.3 Å². The predicted octanol–water partition coefficient (Wildman–Crippen LogP) is 6.18. The summed E-state index contributed by atoms with van der Waals surface area (Å²) in [5.74, 6) is -0.977. The van der Waals surface area contributed by atoms with Crippen LogP contribution in [-0.2, 0) is 20.1 Å². The molecule has 0 aliphatic rings. The van der Waals surface area contributed by atoms with Crippen molar-refractivity contribution in [2.45, 2.75) is 57.2 Å². The third-order valence-electron chi connectivity index (χ3n) is 5.39. The number of ketones is 1. The van der Waals surface area contributed by atoms with Gasteiger partial charge in [0, 0.05) is 5.75 Å². The van der Waals surface area contributed by atoms with Gasteiger partial charge in [-0.15, -0.1) is 11.8 Å². The molecule has 0 saturated carbocycles. The molecule has 0 heterocycles. The molecule has 1 unspecified atom stereocenters. The van der Waals surface area contributed by atoms with Gasteiger partial charge in [0.05, 0.1) is 18.5 Å². The van der Waals surface area contributed by atoms with Crippen LogP contribution in [0.25, 0.3) is 0 Å². The summed E-state index contributed by atoms with van der Waals surface area (Å²) in [5, 5.41) is 0. The third-order valence-corrected chi connectivity index (χ3v) is 6.80. The molecule has 35 heavy (non-hydrogen) atoms. The molecular formula is C26H31F3O5S. The number of carbonyl (C=O) groups excluding carboxylic acids is 2. The van der Waals surface area contributed by atoms with Crippen LogP contribution in [0.3, 0.4) is 0 Å². The molecule has 0 aliphatic heterocycles. The Morgan fingerprint density at radius 2 is 1.57 bits per heavy atom. The number of thioether (sulfide) groups is 1. The number of hydrogen-bond acceptors (Lipinski definition) is 6. The number of ether oxygens (including phenoxy) is 3. The molecule has 0 aromatic heterocycles. The summed E-state index contributed by atoms with van der Waals surface area (Å²) >= 11 is 1.39. The number of Topliss-reactive ketones (excluding diaryl/α,β-unsaturated/α-hetero) is 1. The zero-order chi connectivity index (χ0) is 26.4. The zero-order valence-corrected chi connectivity index (χ0v) is 21.6. The lowest BCUT2D eigenvalue weighted by Gasteiger charge is -2.29. The molecular weight excluding hydrogens is 481 g/mol. The number of carbonyl (C=O) groups is 2. The van der Waals surface area contributed by atoms with Gasteiger partial charge >= 0.3 is 12.1 Å². The van der Waals surface area contributed by atoms with Crippen LogP contribution in [0.5, 0.6) is 11.5 Å². The Hall–Kier alpha value is -2.68. The highest BCUT2D eigenvalue weighted by Crippen LogP contribution is 2.38. The van der Waals surface area contributed by atoms with Crippen molar-refractivity contribution in [1.82, 2.24) is 0 Å². The maximum atomic E-state index is 13.7. The molecule has 0 aliphatic carbocycles. The van der Waals surface area contributed by atoms with E-state index in [4.69, 9.17) is 14.2 Å². The van der Waals surface area contributed by atoms with Crippen molar-refractivity contribution in [3.8, 4) is 11.5 Å². The van der Waals surface area contributed by atoms with Gasteiger partial charge in [-0.2, -0.15) is 13.2 Å². The van der Waals surface area contributed by atoms with Crippen LogP contribution in [0.1, 0.15) is 48.9 Å². The number of methoxy groups -OCH3 is 1. The molecule has 2 aromatic rings. The first kappa shape index (κ1) is 28.6. The standard InChI is InChI=1S/C26H31F3O5S/c1-7-33-24(31)22(21-16(2)12-20(13-17(21)3)34-15-26(27,28)29)23(30)25(4,5)35-14-18-8-10-19(32-6)11-9-18/h8-13,22H,7,14-15H2,1-6H3. The molecule has 2 rings (SSSR count). The summed E-state index contributed by atoms with van der Waals surface area (Å²) in [6.45, 7) is 7.09. The molecule has 0 fully saturated rings. The number of esters is 1. The van der Waals surface area contributed by atoms with Crippen LogP contribution in [-0.4, -0.2) is 43.0 Å². The Morgan fingerprint density at radius 1 is 1.00 bits per heavy atom. The van der Waals surface area contributed by atoms with E-state index >= 15 is 0 Å². The van der Waals surface area contributed by atoms with Gasteiger partial charge in [-0.1, -0.05) is 12.1 Å². The molecule has 0 spiro atoms. The van der Waals surface area contributed by atoms with Gasteiger partial charge in [0.25, 0.3) is 0 Å². The Labute approximate surface area is 208 Å². The highest BCUT2D eigenvalue weighted by molar-refractivity contribution is 8.00. The second-order valence-electron chi connectivity index (χ2n) is 8.57. The third kappa shape index (κ3) is 7.92. The summed E-state index contributed by atoms with van der Waals surface area (Å²) < 4.78 is 52.0. The van der Waals surface area contributed by atoms with Gasteiger partial charge in [0.15, 0.2) is 12.4 Å². The largest absolute Gasteiger partial charge is 0.497 e. The Kier molecular flexibility index (Phi) is 9.66. The lowest BCUT2D eigenvalue weighted by molar-refractivity contribution is -0.153. The van der Waals surface area contributed by atoms with Gasteiger partial charge in [0.2, 0.25) is 0 Å². The molecule has 0 N–H and O–H groups in total. The maximum Gasteiger partial charge on any atom is 0.422 e. The van der Waals surface area contributed by atoms with Crippen LogP contribution in [0, 0.1) is 13.8 Å². The lowest BCUT2D eigenvalue weighted by Crippen LogP contribution is -2.38. The van der Waals surface area contributed by atoms with Crippen LogP contribution >= 0.6 is 11.8 Å². The molecule has 192 valence electrons. The van der Waals surface area contributed by atoms with Crippen molar-refractivity contribution in [3.63, 3.8) is 0 Å². The van der Waals surface area contributed by atoms with E-state index in [0.29, 0.717) is 22.4 Å². The zero-order valence-electron chi connectivity index (χ0n) is 20.7. The highest BCUT2D eigenvalue weighted by Gasteiger charge is 2.41. The second-order valence-corrected chi connectivity index (χ2v) is 10.2. The average Bonchev–Trinajstić information content (AvgIpc) is 2.78. The SMILES string of the molecule is CCOC(=O)C(C(=O)C(C)(C)SCc1ccc(OC)cc1)c1c(C)cc(OCC(F)(F)F)cc1C. The van der Waals surface area contributed by atoms with Gasteiger partial charge in [0.1, 0.15) is 17.4 Å². The maximum absolute atomic E-state index is 13.7. The average molecular weight is 513 g/mol. The Bertz CT molecular complexity index is 1010. The fourth-order valence-electron chi connectivity index (χ4n) is 3.62. The van der Waals surface area contributed by atoms with E-state index in [1.54, 1.807) is 41.7 Å². The summed E-state index contributed by atoms with van der Waals surface area (Å²) in [6.07, 6.45) is -4.48. The van der Waals surface area contributed by atoms with Crippen molar-refractivity contribution in [2.24, 2.45) is 0 Å². The van der Waals surface area contributed by atoms with Gasteiger partial charge in [-0.3, -0.25) is 9.59 Å². The molecule has 1 atom stereocenters. The van der Waals surface area contributed by atoms with E-state index < -0.39 is 29.4 Å². The van der Waals surface area contributed by atoms with Gasteiger partial charge in [-0.25, -0.2) is 0 Å². The molecule has 9 heteroatoms. The first-order valence-corrected chi connectivity index (χ1v) is 12.1. The number of aryl methyl sites for hydroxylation is 2. The molecule has 5 nitrogen and oxygen atoms in total. The van der Waals surface area contributed by atoms with E-state index in [9.17, 15) is 22.8 Å². The van der Waals surface area contributed by atoms with Crippen LogP contribution in [0.2, 0.25) is 0 Å². The van der Waals surface area contributed by atoms with Crippen molar-refractivity contribution >= 4 is 23.5 Å². The van der Waals surface area contributed by atoms with E-state index in [-0.39, 0.29) is 18.1 Å². The number of hydrogen-bond donors (Lipinski definition) is 0. The first-order valence-electron chi connectivity index (χ1n) is 11.1. The summed E-state index contributed by atoms with van der Waals surface area (Å²) in [5.41, 5.74) is 2.36. The van der Waals surface area contributed by atoms with Crippen molar-refractivity contribution in [1.29, 1.82) is 0 Å². The monoisotopic (exact) mass is 512 g/mol. The lowest BCUT2D eigenvalue weighted by atomic mass is 9.83. The van der Waals surface area contributed by atoms with E-state index in [2.05, 4.69) is 0 Å². The predicted molar refractivity (Wildman–Crippen MR) is 130 cm³/mol. The number of benzene rings is 2. The van der Waals surface area contributed by atoms with Crippen LogP contribution in [0.4, 0.5) is 13.2 Å². The fraction of sp³-hybridized carbons (Fsp3) is 0.462. The number of rotatable bonds is 11. The summed E-state index contributed by atoms with van der Waals surface area (Å²) in [4.78, 5) is 26.7. The second kappa shape index (κ2) is 11.8. The smallest absolute Gasteiger partial charge is 0.422 e. The van der Waals surface area contributed by atoms with Crippen LogP contribution in [0.15, 0.2) is 36.4 Å². The molecule has 2 aromatic carbocycles. The van der Waals surface area contributed by atoms with E-state index in [0.717, 1.165) is 11.3 Å². The first-order chi connectivity index (χ1) is 16.3. The van der Waals surface area contributed by atoms with Crippen molar-refractivity contribution in [3.05, 3.63) is 58.7 Å². The van der Waals surface area contributed by atoms with Crippen LogP contribution < -0.4 is 9.47 Å².